The topological polar surface area (TPSA) is 41.5 Å². The second kappa shape index (κ2) is 8.80. The molecule has 1 atom stereocenters. The van der Waals surface area contributed by atoms with E-state index in [0.717, 1.165) is 13.0 Å². The number of aliphatic hydroxyl groups is 1. The molecule has 2 N–H and O–H groups in total. The van der Waals surface area contributed by atoms with Gasteiger partial charge in [-0.05, 0) is 50.8 Å². The van der Waals surface area contributed by atoms with E-state index in [0.29, 0.717) is 6.54 Å². The van der Waals surface area contributed by atoms with Crippen molar-refractivity contribution in [1.82, 2.24) is 5.32 Å². The number of benzene rings is 1. The molecule has 1 aromatic carbocycles. The van der Waals surface area contributed by atoms with Crippen molar-refractivity contribution in [1.29, 1.82) is 0 Å². The van der Waals surface area contributed by atoms with E-state index in [4.69, 9.17) is 4.74 Å². The van der Waals surface area contributed by atoms with Gasteiger partial charge in [-0.25, -0.2) is 4.39 Å². The molecule has 2 rings (SSSR count). The van der Waals surface area contributed by atoms with Crippen molar-refractivity contribution in [3.63, 3.8) is 0 Å². The van der Waals surface area contributed by atoms with Gasteiger partial charge >= 0.3 is 0 Å². The van der Waals surface area contributed by atoms with Crippen molar-refractivity contribution in [2.24, 2.45) is 0 Å². The maximum atomic E-state index is 13.3. The summed E-state index contributed by atoms with van der Waals surface area (Å²) in [5, 5.41) is 13.0. The molecule has 1 aliphatic rings. The Hall–Kier alpha value is -1.39. The van der Waals surface area contributed by atoms with Gasteiger partial charge in [-0.1, -0.05) is 23.8 Å². The maximum absolute atomic E-state index is 13.3. The number of halogens is 1. The standard InChI is InChI=1S/C17H24FNO2/c18-16-8-4-5-9-17(16)21-13-15(20)12-19-11-10-14-6-2-1-3-7-14/h4-6,8-9,15,19-20H,1-3,7,10-13H2. The fourth-order valence-electron chi connectivity index (χ4n) is 2.46. The monoisotopic (exact) mass is 293 g/mol. The molecule has 0 aromatic heterocycles. The normalized spacial score (nSPS) is 16.4. The van der Waals surface area contributed by atoms with Crippen molar-refractivity contribution < 1.29 is 14.2 Å². The van der Waals surface area contributed by atoms with E-state index in [1.165, 1.54) is 37.3 Å². The van der Waals surface area contributed by atoms with Gasteiger partial charge < -0.3 is 15.2 Å². The molecule has 0 radical (unpaired) electrons. The van der Waals surface area contributed by atoms with E-state index in [-0.39, 0.29) is 12.4 Å². The summed E-state index contributed by atoms with van der Waals surface area (Å²) in [6.07, 6.45) is 7.76. The minimum Gasteiger partial charge on any atom is -0.488 e. The quantitative estimate of drug-likeness (QED) is 0.572. The first-order chi connectivity index (χ1) is 10.3. The summed E-state index contributed by atoms with van der Waals surface area (Å²) in [4.78, 5) is 0. The Morgan fingerprint density at radius 1 is 1.29 bits per heavy atom. The van der Waals surface area contributed by atoms with Crippen LogP contribution < -0.4 is 10.1 Å². The summed E-state index contributed by atoms with van der Waals surface area (Å²) >= 11 is 0. The molecule has 0 bridgehead atoms. The molecular formula is C17H24FNO2. The molecule has 0 saturated carbocycles. The molecular weight excluding hydrogens is 269 g/mol. The summed E-state index contributed by atoms with van der Waals surface area (Å²) in [6, 6.07) is 6.23. The van der Waals surface area contributed by atoms with Crippen molar-refractivity contribution in [3.05, 3.63) is 41.7 Å². The van der Waals surface area contributed by atoms with Crippen LogP contribution >= 0.6 is 0 Å². The van der Waals surface area contributed by atoms with Gasteiger partial charge in [0.2, 0.25) is 0 Å². The van der Waals surface area contributed by atoms with E-state index in [1.54, 1.807) is 18.2 Å². The van der Waals surface area contributed by atoms with Gasteiger partial charge in [0.1, 0.15) is 12.7 Å². The molecule has 0 aliphatic heterocycles. The van der Waals surface area contributed by atoms with E-state index in [2.05, 4.69) is 11.4 Å². The van der Waals surface area contributed by atoms with Crippen LogP contribution in [0.4, 0.5) is 4.39 Å². The number of allylic oxidation sites excluding steroid dienone is 1. The van der Waals surface area contributed by atoms with E-state index >= 15 is 0 Å². The molecule has 0 heterocycles. The van der Waals surface area contributed by atoms with Crippen LogP contribution in [0.15, 0.2) is 35.9 Å². The third-order valence-electron chi connectivity index (χ3n) is 3.66. The van der Waals surface area contributed by atoms with E-state index in [9.17, 15) is 9.50 Å². The largest absolute Gasteiger partial charge is 0.488 e. The van der Waals surface area contributed by atoms with Gasteiger partial charge in [0, 0.05) is 6.54 Å². The second-order valence-electron chi connectivity index (χ2n) is 5.46. The zero-order valence-electron chi connectivity index (χ0n) is 12.4. The number of aliphatic hydroxyl groups excluding tert-OH is 1. The number of hydrogen-bond donors (Lipinski definition) is 2. The van der Waals surface area contributed by atoms with Crippen molar-refractivity contribution in [2.75, 3.05) is 19.7 Å². The first-order valence-corrected chi connectivity index (χ1v) is 7.69. The summed E-state index contributed by atoms with van der Waals surface area (Å²) in [7, 11) is 0. The highest BCUT2D eigenvalue weighted by atomic mass is 19.1. The maximum Gasteiger partial charge on any atom is 0.165 e. The lowest BCUT2D eigenvalue weighted by atomic mass is 9.97. The first-order valence-electron chi connectivity index (χ1n) is 7.69. The Balaban J connectivity index is 1.58. The smallest absolute Gasteiger partial charge is 0.165 e. The first kappa shape index (κ1) is 16.0. The van der Waals surface area contributed by atoms with Crippen LogP contribution in [-0.2, 0) is 0 Å². The molecule has 0 fully saturated rings. The van der Waals surface area contributed by atoms with Crippen molar-refractivity contribution >= 4 is 0 Å². The highest BCUT2D eigenvalue weighted by molar-refractivity contribution is 5.23. The highest BCUT2D eigenvalue weighted by Crippen LogP contribution is 2.19. The van der Waals surface area contributed by atoms with Gasteiger partial charge in [0.25, 0.3) is 0 Å². The Morgan fingerprint density at radius 3 is 2.90 bits per heavy atom. The minimum atomic E-state index is -0.634. The van der Waals surface area contributed by atoms with Crippen LogP contribution in [0.2, 0.25) is 0 Å². The number of nitrogens with one attached hydrogen (secondary N) is 1. The lowest BCUT2D eigenvalue weighted by Gasteiger charge is -2.15. The van der Waals surface area contributed by atoms with Crippen LogP contribution in [0.25, 0.3) is 0 Å². The number of ether oxygens (including phenoxy) is 1. The average Bonchev–Trinajstić information content (AvgIpc) is 2.52. The Labute approximate surface area is 125 Å². The fraction of sp³-hybridized carbons (Fsp3) is 0.529. The minimum absolute atomic E-state index is 0.0939. The van der Waals surface area contributed by atoms with E-state index in [1.807, 2.05) is 0 Å². The van der Waals surface area contributed by atoms with Crippen LogP contribution in [0.1, 0.15) is 32.1 Å². The summed E-state index contributed by atoms with van der Waals surface area (Å²) in [5.74, 6) is -0.217. The lowest BCUT2D eigenvalue weighted by Crippen LogP contribution is -2.32. The molecule has 0 spiro atoms. The summed E-state index contributed by atoms with van der Waals surface area (Å²) in [5.41, 5.74) is 1.52. The zero-order chi connectivity index (χ0) is 14.9. The molecule has 1 unspecified atom stereocenters. The Bertz CT molecular complexity index is 462. The molecule has 0 saturated heterocycles. The summed E-state index contributed by atoms with van der Waals surface area (Å²) < 4.78 is 18.6. The molecule has 1 aliphatic carbocycles. The predicted octanol–water partition coefficient (Wildman–Crippen LogP) is 3.05. The van der Waals surface area contributed by atoms with E-state index < -0.39 is 11.9 Å². The van der Waals surface area contributed by atoms with Crippen LogP contribution in [0.5, 0.6) is 5.75 Å². The van der Waals surface area contributed by atoms with Crippen molar-refractivity contribution in [3.8, 4) is 5.75 Å². The van der Waals surface area contributed by atoms with Crippen LogP contribution in [0.3, 0.4) is 0 Å². The van der Waals surface area contributed by atoms with Gasteiger partial charge in [-0.2, -0.15) is 0 Å². The van der Waals surface area contributed by atoms with Gasteiger partial charge in [0.05, 0.1) is 0 Å². The third kappa shape index (κ3) is 5.86. The fourth-order valence-corrected chi connectivity index (χ4v) is 2.46. The van der Waals surface area contributed by atoms with Gasteiger partial charge in [0.15, 0.2) is 11.6 Å². The third-order valence-corrected chi connectivity index (χ3v) is 3.66. The van der Waals surface area contributed by atoms with Crippen LogP contribution in [0, 0.1) is 5.82 Å². The Morgan fingerprint density at radius 2 is 2.14 bits per heavy atom. The van der Waals surface area contributed by atoms with Crippen molar-refractivity contribution in [2.45, 2.75) is 38.2 Å². The SMILES string of the molecule is OC(CNCCC1=CCCCC1)COc1ccccc1F. The second-order valence-corrected chi connectivity index (χ2v) is 5.46. The number of rotatable bonds is 8. The van der Waals surface area contributed by atoms with Crippen LogP contribution in [-0.4, -0.2) is 30.9 Å². The molecule has 3 nitrogen and oxygen atoms in total. The molecule has 116 valence electrons. The highest BCUT2D eigenvalue weighted by Gasteiger charge is 2.08. The number of hydrogen-bond acceptors (Lipinski definition) is 3. The molecule has 21 heavy (non-hydrogen) atoms. The summed E-state index contributed by atoms with van der Waals surface area (Å²) in [6.45, 7) is 1.42. The van der Waals surface area contributed by atoms with Gasteiger partial charge in [-0.3, -0.25) is 0 Å². The Kier molecular flexibility index (Phi) is 6.70. The molecule has 1 aromatic rings. The van der Waals surface area contributed by atoms with Gasteiger partial charge in [-0.15, -0.1) is 0 Å². The lowest BCUT2D eigenvalue weighted by molar-refractivity contribution is 0.104. The zero-order valence-corrected chi connectivity index (χ0v) is 12.4. The predicted molar refractivity (Wildman–Crippen MR) is 81.9 cm³/mol. The average molecular weight is 293 g/mol. The molecule has 4 heteroatoms. The number of para-hydroxylation sites is 1. The molecule has 0 amide bonds.